The van der Waals surface area contributed by atoms with Crippen molar-refractivity contribution in [2.75, 3.05) is 14.1 Å². The topological polar surface area (TPSA) is 29.3 Å². The molecule has 0 heterocycles. The van der Waals surface area contributed by atoms with E-state index in [4.69, 9.17) is 17.3 Å². The van der Waals surface area contributed by atoms with Crippen molar-refractivity contribution in [2.24, 2.45) is 5.73 Å². The lowest BCUT2D eigenvalue weighted by Crippen LogP contribution is -2.10. The molecule has 2 N–H and O–H groups in total. The van der Waals surface area contributed by atoms with Crippen LogP contribution in [-0.4, -0.2) is 19.0 Å². The lowest BCUT2D eigenvalue weighted by molar-refractivity contribution is 0.402. The van der Waals surface area contributed by atoms with Crippen LogP contribution in [0.25, 0.3) is 0 Å². The van der Waals surface area contributed by atoms with Gasteiger partial charge in [-0.3, -0.25) is 0 Å². The van der Waals surface area contributed by atoms with Gasteiger partial charge in [-0.1, -0.05) is 60.7 Å². The van der Waals surface area contributed by atoms with Crippen LogP contribution in [0.4, 0.5) is 0 Å². The van der Waals surface area contributed by atoms with Crippen molar-refractivity contribution in [3.8, 4) is 0 Å². The van der Waals surface area contributed by atoms with Gasteiger partial charge in [-0.25, -0.2) is 0 Å². The molecule has 19 heavy (non-hydrogen) atoms. The van der Waals surface area contributed by atoms with Crippen LogP contribution < -0.4 is 5.73 Å². The molecule has 0 spiro atoms. The second-order valence-corrected chi connectivity index (χ2v) is 5.01. The summed E-state index contributed by atoms with van der Waals surface area (Å²) in [6, 6.07) is 20.0. The highest BCUT2D eigenvalue weighted by Gasteiger charge is 1.96. The summed E-state index contributed by atoms with van der Waals surface area (Å²) in [5.41, 5.74) is 7.34. The Morgan fingerprint density at radius 3 is 1.79 bits per heavy atom. The normalized spacial score (nSPS) is 11.6. The van der Waals surface area contributed by atoms with Crippen LogP contribution in [0.15, 0.2) is 60.7 Å². The maximum atomic E-state index is 5.58. The molecular formula is C16H21ClN2. The lowest BCUT2D eigenvalue weighted by Gasteiger charge is -2.08. The molecule has 2 rings (SSSR count). The fourth-order valence-electron chi connectivity index (χ4n) is 1.59. The molecule has 102 valence electrons. The van der Waals surface area contributed by atoms with Crippen LogP contribution >= 0.6 is 11.6 Å². The first-order valence-corrected chi connectivity index (χ1v) is 6.66. The summed E-state index contributed by atoms with van der Waals surface area (Å²) in [6.07, 6.45) is 0. The SMILES string of the molecule is CN(C)Cc1ccccc1.NC(Cl)c1ccccc1. The van der Waals surface area contributed by atoms with Gasteiger partial charge in [0.05, 0.1) is 0 Å². The molecule has 1 atom stereocenters. The number of nitrogens with zero attached hydrogens (tertiary/aromatic N) is 1. The van der Waals surface area contributed by atoms with E-state index in [1.807, 2.05) is 36.4 Å². The summed E-state index contributed by atoms with van der Waals surface area (Å²) in [6.45, 7) is 1.03. The quantitative estimate of drug-likeness (QED) is 0.685. The second kappa shape index (κ2) is 8.70. The van der Waals surface area contributed by atoms with Crippen molar-refractivity contribution in [1.29, 1.82) is 0 Å². The van der Waals surface area contributed by atoms with E-state index in [1.54, 1.807) is 0 Å². The summed E-state index contributed by atoms with van der Waals surface area (Å²) >= 11 is 5.58. The standard InChI is InChI=1S/C9H13N.C7H8ClN/c1-10(2)8-9-6-4-3-5-7-9;8-7(9)6-4-2-1-3-5-6/h3-7H,8H2,1-2H3;1-5,7H,9H2. The number of nitrogens with two attached hydrogens (primary N) is 1. The fraction of sp³-hybridized carbons (Fsp3) is 0.250. The first kappa shape index (κ1) is 15.7. The minimum Gasteiger partial charge on any atom is -0.312 e. The predicted octanol–water partition coefficient (Wildman–Crippen LogP) is 3.63. The number of hydrogen-bond acceptors (Lipinski definition) is 2. The Hall–Kier alpha value is -1.35. The molecule has 2 nitrogen and oxygen atoms in total. The summed E-state index contributed by atoms with van der Waals surface area (Å²) in [4.78, 5) is 2.16. The molecule has 0 saturated heterocycles. The zero-order valence-corrected chi connectivity index (χ0v) is 12.2. The summed E-state index contributed by atoms with van der Waals surface area (Å²) in [5.74, 6) is 0. The van der Waals surface area contributed by atoms with E-state index < -0.39 is 0 Å². The zero-order valence-electron chi connectivity index (χ0n) is 11.5. The highest BCUT2D eigenvalue weighted by molar-refractivity contribution is 6.20. The first-order valence-electron chi connectivity index (χ1n) is 6.23. The van der Waals surface area contributed by atoms with E-state index in [1.165, 1.54) is 5.56 Å². The van der Waals surface area contributed by atoms with Crippen LogP contribution in [-0.2, 0) is 6.54 Å². The molecule has 0 amide bonds. The van der Waals surface area contributed by atoms with E-state index in [0.717, 1.165) is 12.1 Å². The van der Waals surface area contributed by atoms with Crippen LogP contribution in [0.2, 0.25) is 0 Å². The minimum absolute atomic E-state index is 0.369. The zero-order chi connectivity index (χ0) is 14.1. The van der Waals surface area contributed by atoms with E-state index in [9.17, 15) is 0 Å². The van der Waals surface area contributed by atoms with Crippen LogP contribution in [0.3, 0.4) is 0 Å². The van der Waals surface area contributed by atoms with Gasteiger partial charge in [0.25, 0.3) is 0 Å². The van der Waals surface area contributed by atoms with Gasteiger partial charge in [0.2, 0.25) is 0 Å². The second-order valence-electron chi connectivity index (χ2n) is 4.54. The van der Waals surface area contributed by atoms with Crippen LogP contribution in [0.5, 0.6) is 0 Å². The van der Waals surface area contributed by atoms with Crippen molar-refractivity contribution in [1.82, 2.24) is 4.90 Å². The van der Waals surface area contributed by atoms with Crippen molar-refractivity contribution < 1.29 is 0 Å². The average Bonchev–Trinajstić information content (AvgIpc) is 2.41. The van der Waals surface area contributed by atoms with E-state index >= 15 is 0 Å². The van der Waals surface area contributed by atoms with Gasteiger partial charge in [0, 0.05) is 6.54 Å². The maximum absolute atomic E-state index is 5.58. The molecule has 0 aliphatic heterocycles. The van der Waals surface area contributed by atoms with Crippen LogP contribution in [0.1, 0.15) is 16.6 Å². The third-order valence-electron chi connectivity index (χ3n) is 2.46. The van der Waals surface area contributed by atoms with Crippen molar-refractivity contribution >= 4 is 11.6 Å². The molecule has 0 aromatic heterocycles. The largest absolute Gasteiger partial charge is 0.312 e. The molecule has 3 heteroatoms. The molecule has 0 bridgehead atoms. The number of hydrogen-bond donors (Lipinski definition) is 1. The molecule has 1 unspecified atom stereocenters. The molecule has 2 aromatic rings. The van der Waals surface area contributed by atoms with Gasteiger partial charge < -0.3 is 10.6 Å². The lowest BCUT2D eigenvalue weighted by atomic mass is 10.2. The number of alkyl halides is 1. The smallest absolute Gasteiger partial charge is 0.106 e. The Morgan fingerprint density at radius 1 is 0.947 bits per heavy atom. The molecule has 0 aliphatic carbocycles. The maximum Gasteiger partial charge on any atom is 0.106 e. The van der Waals surface area contributed by atoms with Gasteiger partial charge in [0.15, 0.2) is 0 Å². The summed E-state index contributed by atoms with van der Waals surface area (Å²) in [5, 5.41) is 0. The molecule has 0 radical (unpaired) electrons. The fourth-order valence-corrected chi connectivity index (χ4v) is 1.73. The van der Waals surface area contributed by atoms with Crippen molar-refractivity contribution in [3.63, 3.8) is 0 Å². The Morgan fingerprint density at radius 2 is 1.42 bits per heavy atom. The van der Waals surface area contributed by atoms with Crippen molar-refractivity contribution in [3.05, 3.63) is 71.8 Å². The Bertz CT molecular complexity index is 441. The van der Waals surface area contributed by atoms with E-state index in [2.05, 4.69) is 43.3 Å². The molecular weight excluding hydrogens is 256 g/mol. The summed E-state index contributed by atoms with van der Waals surface area (Å²) < 4.78 is 0. The molecule has 0 fully saturated rings. The molecule has 2 aromatic carbocycles. The third-order valence-corrected chi connectivity index (χ3v) is 2.71. The van der Waals surface area contributed by atoms with Gasteiger partial charge in [-0.15, -0.1) is 11.6 Å². The summed E-state index contributed by atoms with van der Waals surface area (Å²) in [7, 11) is 4.15. The Balaban J connectivity index is 0.000000191. The molecule has 0 aliphatic rings. The number of benzene rings is 2. The van der Waals surface area contributed by atoms with Gasteiger partial charge in [-0.2, -0.15) is 0 Å². The third kappa shape index (κ3) is 6.97. The first-order chi connectivity index (χ1) is 9.09. The average molecular weight is 277 g/mol. The van der Waals surface area contributed by atoms with Crippen molar-refractivity contribution in [2.45, 2.75) is 12.0 Å². The van der Waals surface area contributed by atoms with Gasteiger partial charge >= 0.3 is 0 Å². The monoisotopic (exact) mass is 276 g/mol. The Kier molecular flexibility index (Phi) is 7.19. The molecule has 0 saturated carbocycles. The number of halogens is 1. The van der Waals surface area contributed by atoms with E-state index in [-0.39, 0.29) is 5.50 Å². The Labute approximate surface area is 120 Å². The highest BCUT2D eigenvalue weighted by atomic mass is 35.5. The van der Waals surface area contributed by atoms with Gasteiger partial charge in [-0.05, 0) is 25.2 Å². The van der Waals surface area contributed by atoms with E-state index in [0.29, 0.717) is 0 Å². The minimum atomic E-state index is -0.369. The number of rotatable bonds is 3. The highest BCUT2D eigenvalue weighted by Crippen LogP contribution is 2.11. The predicted molar refractivity (Wildman–Crippen MR) is 83.1 cm³/mol. The van der Waals surface area contributed by atoms with Crippen LogP contribution in [0, 0.1) is 0 Å². The van der Waals surface area contributed by atoms with Gasteiger partial charge in [0.1, 0.15) is 5.50 Å².